The van der Waals surface area contributed by atoms with Crippen LogP contribution in [-0.4, -0.2) is 24.0 Å². The molecule has 1 aromatic heterocycles. The van der Waals surface area contributed by atoms with Gasteiger partial charge in [0.05, 0.1) is 17.2 Å². The van der Waals surface area contributed by atoms with Crippen LogP contribution in [0.5, 0.6) is 0 Å². The number of carbonyl (C=O) groups is 1. The normalized spacial score (nSPS) is 15.7. The van der Waals surface area contributed by atoms with Crippen molar-refractivity contribution in [1.29, 1.82) is 0 Å². The molecular weight excluding hydrogens is 305 g/mol. The van der Waals surface area contributed by atoms with Gasteiger partial charge in [-0.15, -0.1) is 36.2 Å². The molecule has 7 heteroatoms. The van der Waals surface area contributed by atoms with E-state index in [1.54, 1.807) is 11.3 Å². The monoisotopic (exact) mass is 325 g/mol. The van der Waals surface area contributed by atoms with E-state index in [0.717, 1.165) is 28.7 Å². The molecular formula is C12H21Cl2N3OS. The summed E-state index contributed by atoms with van der Waals surface area (Å²) >= 11 is 1.66. The standard InChI is InChI=1S/C12H19N3OS.2ClH/c1-7(10-4-13-5-10)12(16)14-6-11-8(2)15-9(3)17-11;;/h7,10,13H,4-6H2,1-3H3,(H,14,16);2*1H. The number of nitrogens with zero attached hydrogens (tertiary/aromatic N) is 1. The van der Waals surface area contributed by atoms with Gasteiger partial charge in [0.2, 0.25) is 5.91 Å². The van der Waals surface area contributed by atoms with Gasteiger partial charge in [-0.25, -0.2) is 4.98 Å². The van der Waals surface area contributed by atoms with Gasteiger partial charge in [0.15, 0.2) is 0 Å². The largest absolute Gasteiger partial charge is 0.351 e. The van der Waals surface area contributed by atoms with Gasteiger partial charge in [-0.3, -0.25) is 4.79 Å². The Bertz CT molecular complexity index is 421. The van der Waals surface area contributed by atoms with Gasteiger partial charge in [-0.1, -0.05) is 6.92 Å². The molecule has 1 aliphatic heterocycles. The summed E-state index contributed by atoms with van der Waals surface area (Å²) in [5.74, 6) is 0.756. The number of hydrogen-bond acceptors (Lipinski definition) is 4. The quantitative estimate of drug-likeness (QED) is 0.891. The average molecular weight is 326 g/mol. The van der Waals surface area contributed by atoms with Gasteiger partial charge in [-0.2, -0.15) is 0 Å². The van der Waals surface area contributed by atoms with Crippen LogP contribution in [0.4, 0.5) is 0 Å². The van der Waals surface area contributed by atoms with Crippen LogP contribution < -0.4 is 10.6 Å². The Morgan fingerprint density at radius 2 is 2.11 bits per heavy atom. The Hall–Kier alpha value is -0.360. The first-order valence-electron chi connectivity index (χ1n) is 5.99. The lowest BCUT2D eigenvalue weighted by Gasteiger charge is -2.31. The Balaban J connectivity index is 0.00000162. The van der Waals surface area contributed by atoms with E-state index in [-0.39, 0.29) is 36.6 Å². The fraction of sp³-hybridized carbons (Fsp3) is 0.667. The summed E-state index contributed by atoms with van der Waals surface area (Å²) in [6.07, 6.45) is 0. The number of aromatic nitrogens is 1. The number of carbonyl (C=O) groups excluding carboxylic acids is 1. The molecule has 1 aliphatic rings. The van der Waals surface area contributed by atoms with Crippen molar-refractivity contribution in [2.24, 2.45) is 11.8 Å². The topological polar surface area (TPSA) is 54.0 Å². The molecule has 0 saturated carbocycles. The summed E-state index contributed by atoms with van der Waals surface area (Å²) in [6.45, 7) is 8.53. The molecule has 2 N–H and O–H groups in total. The maximum atomic E-state index is 11.9. The minimum absolute atomic E-state index is 0. The molecule has 2 heterocycles. The first-order chi connectivity index (χ1) is 8.08. The number of nitrogens with one attached hydrogen (secondary N) is 2. The number of rotatable bonds is 4. The molecule has 4 nitrogen and oxygen atoms in total. The molecule has 0 aromatic carbocycles. The number of aryl methyl sites for hydroxylation is 2. The molecule has 1 unspecified atom stereocenters. The van der Waals surface area contributed by atoms with Crippen LogP contribution >= 0.6 is 36.2 Å². The fourth-order valence-electron chi connectivity index (χ4n) is 1.94. The van der Waals surface area contributed by atoms with E-state index in [1.807, 2.05) is 20.8 Å². The van der Waals surface area contributed by atoms with Crippen molar-refractivity contribution < 1.29 is 4.79 Å². The molecule has 1 atom stereocenters. The highest BCUT2D eigenvalue weighted by atomic mass is 35.5. The van der Waals surface area contributed by atoms with E-state index in [2.05, 4.69) is 15.6 Å². The second kappa shape index (κ2) is 8.04. The zero-order valence-corrected chi connectivity index (χ0v) is 13.8. The average Bonchev–Trinajstić information content (AvgIpc) is 2.51. The molecule has 0 spiro atoms. The van der Waals surface area contributed by atoms with Crippen LogP contribution in [0.1, 0.15) is 22.5 Å². The van der Waals surface area contributed by atoms with Gasteiger partial charge in [0.25, 0.3) is 0 Å². The molecule has 2 rings (SSSR count). The van der Waals surface area contributed by atoms with Crippen molar-refractivity contribution in [3.05, 3.63) is 15.6 Å². The Labute approximate surface area is 130 Å². The Morgan fingerprint density at radius 1 is 1.47 bits per heavy atom. The highest BCUT2D eigenvalue weighted by Gasteiger charge is 2.28. The summed E-state index contributed by atoms with van der Waals surface area (Å²) in [5, 5.41) is 7.26. The number of amides is 1. The predicted octanol–water partition coefficient (Wildman–Crippen LogP) is 2.08. The molecule has 19 heavy (non-hydrogen) atoms. The maximum absolute atomic E-state index is 11.9. The van der Waals surface area contributed by atoms with E-state index in [9.17, 15) is 4.79 Å². The minimum atomic E-state index is 0. The first kappa shape index (κ1) is 18.6. The molecule has 1 amide bonds. The van der Waals surface area contributed by atoms with E-state index >= 15 is 0 Å². The molecule has 0 aliphatic carbocycles. The third-order valence-corrected chi connectivity index (χ3v) is 4.43. The summed E-state index contributed by atoms with van der Waals surface area (Å²) in [7, 11) is 0. The van der Waals surface area contributed by atoms with Crippen molar-refractivity contribution in [3.63, 3.8) is 0 Å². The zero-order valence-electron chi connectivity index (χ0n) is 11.4. The first-order valence-corrected chi connectivity index (χ1v) is 6.81. The van der Waals surface area contributed by atoms with Gasteiger partial charge < -0.3 is 10.6 Å². The van der Waals surface area contributed by atoms with Crippen LogP contribution in [0.25, 0.3) is 0 Å². The van der Waals surface area contributed by atoms with Gasteiger partial charge >= 0.3 is 0 Å². The van der Waals surface area contributed by atoms with Crippen LogP contribution in [0.2, 0.25) is 0 Å². The second-order valence-corrected chi connectivity index (χ2v) is 5.95. The summed E-state index contributed by atoms with van der Waals surface area (Å²) < 4.78 is 0. The lowest BCUT2D eigenvalue weighted by molar-refractivity contribution is -0.126. The van der Waals surface area contributed by atoms with Crippen molar-refractivity contribution in [2.75, 3.05) is 13.1 Å². The smallest absolute Gasteiger partial charge is 0.223 e. The van der Waals surface area contributed by atoms with Gasteiger partial charge in [0, 0.05) is 10.8 Å². The van der Waals surface area contributed by atoms with Crippen LogP contribution in [-0.2, 0) is 11.3 Å². The third-order valence-electron chi connectivity index (χ3n) is 3.36. The van der Waals surface area contributed by atoms with Crippen LogP contribution in [0.3, 0.4) is 0 Å². The van der Waals surface area contributed by atoms with Gasteiger partial charge in [-0.05, 0) is 32.9 Å². The number of halogens is 2. The molecule has 0 bridgehead atoms. The van der Waals surface area contributed by atoms with Crippen LogP contribution in [0.15, 0.2) is 0 Å². The maximum Gasteiger partial charge on any atom is 0.223 e. The van der Waals surface area contributed by atoms with Crippen molar-refractivity contribution in [3.8, 4) is 0 Å². The number of thiazole rings is 1. The van der Waals surface area contributed by atoms with Crippen molar-refractivity contribution in [2.45, 2.75) is 27.3 Å². The van der Waals surface area contributed by atoms with Crippen LogP contribution in [0, 0.1) is 25.7 Å². The summed E-state index contributed by atoms with van der Waals surface area (Å²) in [4.78, 5) is 17.4. The highest BCUT2D eigenvalue weighted by Crippen LogP contribution is 2.18. The molecule has 1 aromatic rings. The lowest BCUT2D eigenvalue weighted by atomic mass is 9.88. The number of hydrogen-bond donors (Lipinski definition) is 2. The molecule has 110 valence electrons. The summed E-state index contributed by atoms with van der Waals surface area (Å²) in [6, 6.07) is 0. The predicted molar refractivity (Wildman–Crippen MR) is 83.5 cm³/mol. The summed E-state index contributed by atoms with van der Waals surface area (Å²) in [5.41, 5.74) is 1.03. The SMILES string of the molecule is Cc1nc(C)c(CNC(=O)C(C)C2CNC2)s1.Cl.Cl. The Morgan fingerprint density at radius 3 is 2.53 bits per heavy atom. The molecule has 0 radical (unpaired) electrons. The second-order valence-electron chi connectivity index (χ2n) is 4.67. The van der Waals surface area contributed by atoms with Gasteiger partial charge in [0.1, 0.15) is 0 Å². The lowest BCUT2D eigenvalue weighted by Crippen LogP contribution is -2.49. The Kier molecular flexibility index (Phi) is 7.89. The van der Waals surface area contributed by atoms with Crippen molar-refractivity contribution >= 4 is 42.1 Å². The van der Waals surface area contributed by atoms with E-state index in [1.165, 1.54) is 0 Å². The minimum Gasteiger partial charge on any atom is -0.351 e. The van der Waals surface area contributed by atoms with E-state index in [4.69, 9.17) is 0 Å². The third kappa shape index (κ3) is 4.60. The fourth-order valence-corrected chi connectivity index (χ4v) is 2.82. The van der Waals surface area contributed by atoms with E-state index in [0.29, 0.717) is 12.5 Å². The molecule has 1 fully saturated rings. The van der Waals surface area contributed by atoms with Crippen molar-refractivity contribution in [1.82, 2.24) is 15.6 Å². The molecule has 1 saturated heterocycles. The van der Waals surface area contributed by atoms with E-state index < -0.39 is 0 Å². The zero-order chi connectivity index (χ0) is 12.4. The highest BCUT2D eigenvalue weighted by molar-refractivity contribution is 7.11.